The first-order chi connectivity index (χ1) is 32.6. The summed E-state index contributed by atoms with van der Waals surface area (Å²) in [7, 11) is 0. The maximum absolute atomic E-state index is 5.52. The number of rotatable bonds is 6. The normalized spacial score (nSPS) is 11.8. The zero-order valence-corrected chi connectivity index (χ0v) is 36.6. The quantitative estimate of drug-likeness (QED) is 0.156. The van der Waals surface area contributed by atoms with Crippen LogP contribution in [0.3, 0.4) is 0 Å². The van der Waals surface area contributed by atoms with Crippen molar-refractivity contribution in [2.24, 2.45) is 0 Å². The largest absolute Gasteiger partial charge is 0.309 e. The molecule has 0 spiro atoms. The molecule has 9 aromatic carbocycles. The van der Waals surface area contributed by atoms with Crippen LogP contribution < -0.4 is 0 Å². The standard InChI is InChI=1S/C62H42N4/c1-39-57(43-29-33-45(34-30-43)65-53-25-13-9-21-47(53)48-22-10-14-26-54(48)65)59(41-17-5-3-6-18-41)51-37-38-52-60(42-19-7-4-8-20-42)58(40(2)64-62(52)61(51)63-39)44-31-35-46(36-32-44)66-55-27-15-11-23-49(55)50-24-12-16-28-56(50)66/h3-38H,1-2H3. The summed E-state index contributed by atoms with van der Waals surface area (Å²) in [5.74, 6) is 0. The fourth-order valence-electron chi connectivity index (χ4n) is 10.8. The molecule has 310 valence electrons. The molecule has 0 amide bonds. The van der Waals surface area contributed by atoms with Crippen LogP contribution in [0.15, 0.2) is 218 Å². The molecule has 0 N–H and O–H groups in total. The van der Waals surface area contributed by atoms with Crippen LogP contribution in [0.2, 0.25) is 0 Å². The molecule has 0 bridgehead atoms. The molecule has 13 aromatic rings. The lowest BCUT2D eigenvalue weighted by Gasteiger charge is -2.20. The number of benzene rings is 9. The SMILES string of the molecule is Cc1nc2c(ccc3c(-c4ccccc4)c(-c4ccc(-n5c6ccccc6c6ccccc65)cc4)c(C)nc32)c(-c2ccccc2)c1-c1ccc(-n2c3ccccc3c3ccccc32)cc1. The van der Waals surface area contributed by atoms with Crippen molar-refractivity contribution < 1.29 is 0 Å². The molecule has 4 heteroatoms. The summed E-state index contributed by atoms with van der Waals surface area (Å²) in [4.78, 5) is 11.0. The Kier molecular flexibility index (Phi) is 8.62. The second-order valence-electron chi connectivity index (χ2n) is 17.3. The lowest BCUT2D eigenvalue weighted by Crippen LogP contribution is -2.01. The summed E-state index contributed by atoms with van der Waals surface area (Å²) in [5.41, 5.74) is 19.9. The molecule has 0 atom stereocenters. The number of pyridine rings is 2. The van der Waals surface area contributed by atoms with Crippen LogP contribution in [-0.2, 0) is 0 Å². The van der Waals surface area contributed by atoms with Gasteiger partial charge in [-0.2, -0.15) is 0 Å². The van der Waals surface area contributed by atoms with Gasteiger partial charge < -0.3 is 9.13 Å². The summed E-state index contributed by atoms with van der Waals surface area (Å²) in [6.45, 7) is 4.30. The van der Waals surface area contributed by atoms with E-state index >= 15 is 0 Å². The van der Waals surface area contributed by atoms with Gasteiger partial charge in [0.05, 0.1) is 33.1 Å². The van der Waals surface area contributed by atoms with Crippen LogP contribution in [0.4, 0.5) is 0 Å². The predicted molar refractivity (Wildman–Crippen MR) is 277 cm³/mol. The van der Waals surface area contributed by atoms with Crippen LogP contribution in [0.5, 0.6) is 0 Å². The number of aryl methyl sites for hydroxylation is 2. The van der Waals surface area contributed by atoms with E-state index in [2.05, 4.69) is 241 Å². The van der Waals surface area contributed by atoms with Gasteiger partial charge in [0.2, 0.25) is 0 Å². The Hall–Kier alpha value is -8.60. The maximum Gasteiger partial charge on any atom is 0.0974 e. The average Bonchev–Trinajstić information content (AvgIpc) is 3.89. The Morgan fingerprint density at radius 2 is 0.545 bits per heavy atom. The lowest BCUT2D eigenvalue weighted by atomic mass is 9.87. The molecular formula is C62H42N4. The van der Waals surface area contributed by atoms with Crippen LogP contribution in [0.25, 0.3) is 121 Å². The van der Waals surface area contributed by atoms with Crippen molar-refractivity contribution in [2.45, 2.75) is 13.8 Å². The van der Waals surface area contributed by atoms with Gasteiger partial charge in [-0.25, -0.2) is 0 Å². The van der Waals surface area contributed by atoms with Gasteiger partial charge in [0.15, 0.2) is 0 Å². The second kappa shape index (κ2) is 15.0. The lowest BCUT2D eigenvalue weighted by molar-refractivity contribution is 1.18. The summed E-state index contributed by atoms with van der Waals surface area (Å²) in [5, 5.41) is 7.18. The minimum Gasteiger partial charge on any atom is -0.309 e. The summed E-state index contributed by atoms with van der Waals surface area (Å²) in [6.07, 6.45) is 0. The molecule has 13 rings (SSSR count). The highest BCUT2D eigenvalue weighted by molar-refractivity contribution is 6.17. The summed E-state index contributed by atoms with van der Waals surface area (Å²) in [6, 6.07) is 78.8. The van der Waals surface area contributed by atoms with E-state index in [1.165, 1.54) is 43.6 Å². The molecule has 0 aliphatic rings. The van der Waals surface area contributed by atoms with Crippen LogP contribution in [-0.4, -0.2) is 19.1 Å². The van der Waals surface area contributed by atoms with E-state index in [9.17, 15) is 0 Å². The van der Waals surface area contributed by atoms with E-state index in [0.717, 1.165) is 89.1 Å². The monoisotopic (exact) mass is 842 g/mol. The molecule has 4 aromatic heterocycles. The molecule has 0 saturated heterocycles. The Morgan fingerprint density at radius 1 is 0.258 bits per heavy atom. The first kappa shape index (κ1) is 37.9. The topological polar surface area (TPSA) is 35.6 Å². The number of nitrogens with zero attached hydrogens (tertiary/aromatic N) is 4. The summed E-state index contributed by atoms with van der Waals surface area (Å²) < 4.78 is 4.74. The molecule has 0 aliphatic heterocycles. The highest BCUT2D eigenvalue weighted by atomic mass is 15.0. The van der Waals surface area contributed by atoms with Crippen LogP contribution in [0, 0.1) is 13.8 Å². The van der Waals surface area contributed by atoms with Crippen molar-refractivity contribution in [3.63, 3.8) is 0 Å². The van der Waals surface area contributed by atoms with Crippen molar-refractivity contribution in [2.75, 3.05) is 0 Å². The second-order valence-corrected chi connectivity index (χ2v) is 17.3. The molecule has 0 unspecified atom stereocenters. The third-order valence-electron chi connectivity index (χ3n) is 13.6. The van der Waals surface area contributed by atoms with Gasteiger partial charge in [0.1, 0.15) is 0 Å². The van der Waals surface area contributed by atoms with Gasteiger partial charge in [-0.1, -0.05) is 170 Å². The zero-order chi connectivity index (χ0) is 43.9. The average molecular weight is 843 g/mol. The summed E-state index contributed by atoms with van der Waals surface area (Å²) >= 11 is 0. The molecule has 4 nitrogen and oxygen atoms in total. The number of para-hydroxylation sites is 4. The third-order valence-corrected chi connectivity index (χ3v) is 13.6. The Morgan fingerprint density at radius 3 is 0.879 bits per heavy atom. The van der Waals surface area contributed by atoms with Gasteiger partial charge in [0, 0.05) is 77.3 Å². The zero-order valence-electron chi connectivity index (χ0n) is 36.6. The van der Waals surface area contributed by atoms with Crippen molar-refractivity contribution in [3.05, 3.63) is 230 Å². The van der Waals surface area contributed by atoms with Crippen molar-refractivity contribution in [1.29, 1.82) is 0 Å². The van der Waals surface area contributed by atoms with E-state index in [4.69, 9.17) is 9.97 Å². The van der Waals surface area contributed by atoms with Gasteiger partial charge in [-0.15, -0.1) is 0 Å². The van der Waals surface area contributed by atoms with E-state index in [1.807, 2.05) is 0 Å². The smallest absolute Gasteiger partial charge is 0.0974 e. The van der Waals surface area contributed by atoms with Crippen LogP contribution in [0.1, 0.15) is 11.4 Å². The van der Waals surface area contributed by atoms with E-state index in [-0.39, 0.29) is 0 Å². The van der Waals surface area contributed by atoms with Crippen LogP contribution >= 0.6 is 0 Å². The van der Waals surface area contributed by atoms with Crippen molar-refractivity contribution in [1.82, 2.24) is 19.1 Å². The molecule has 0 fully saturated rings. The van der Waals surface area contributed by atoms with E-state index in [1.54, 1.807) is 0 Å². The highest BCUT2D eigenvalue weighted by Crippen LogP contribution is 2.46. The Labute approximate surface area is 382 Å². The maximum atomic E-state index is 5.52. The molecule has 4 heterocycles. The Bertz CT molecular complexity index is 3660. The van der Waals surface area contributed by atoms with Gasteiger partial charge in [0.25, 0.3) is 0 Å². The first-order valence-corrected chi connectivity index (χ1v) is 22.7. The number of hydrogen-bond donors (Lipinski definition) is 0. The first-order valence-electron chi connectivity index (χ1n) is 22.7. The minimum atomic E-state index is 0.906. The molecule has 66 heavy (non-hydrogen) atoms. The number of fused-ring (bicyclic) bond motifs is 9. The fraction of sp³-hybridized carbons (Fsp3) is 0.0323. The number of aromatic nitrogens is 4. The fourth-order valence-corrected chi connectivity index (χ4v) is 10.8. The van der Waals surface area contributed by atoms with Crippen molar-refractivity contribution >= 4 is 65.4 Å². The Balaban J connectivity index is 0.993. The predicted octanol–water partition coefficient (Wildman–Crippen LogP) is 16.3. The van der Waals surface area contributed by atoms with E-state index in [0.29, 0.717) is 0 Å². The number of hydrogen-bond acceptors (Lipinski definition) is 2. The molecule has 0 radical (unpaired) electrons. The third kappa shape index (κ3) is 5.78. The van der Waals surface area contributed by atoms with Gasteiger partial charge in [-0.05, 0) is 84.6 Å². The van der Waals surface area contributed by atoms with E-state index < -0.39 is 0 Å². The van der Waals surface area contributed by atoms with Gasteiger partial charge in [-0.3, -0.25) is 9.97 Å². The molecule has 0 aliphatic carbocycles. The minimum absolute atomic E-state index is 0.906. The van der Waals surface area contributed by atoms with Crippen molar-refractivity contribution in [3.8, 4) is 55.9 Å². The molecular weight excluding hydrogens is 801 g/mol. The van der Waals surface area contributed by atoms with Gasteiger partial charge >= 0.3 is 0 Å². The highest BCUT2D eigenvalue weighted by Gasteiger charge is 2.23. The molecule has 0 saturated carbocycles.